The van der Waals surface area contributed by atoms with Crippen molar-refractivity contribution in [3.8, 4) is 0 Å². The second kappa shape index (κ2) is 6.84. The van der Waals surface area contributed by atoms with Crippen molar-refractivity contribution >= 4 is 23.2 Å². The molecule has 0 spiro atoms. The van der Waals surface area contributed by atoms with Crippen LogP contribution >= 0.6 is 0 Å². The molecule has 24 heavy (non-hydrogen) atoms. The summed E-state index contributed by atoms with van der Waals surface area (Å²) in [5.41, 5.74) is 9.44. The average Bonchev–Trinajstić information content (AvgIpc) is 3.00. The lowest BCUT2D eigenvalue weighted by Crippen LogP contribution is -2.27. The van der Waals surface area contributed by atoms with Crippen molar-refractivity contribution in [1.29, 1.82) is 0 Å². The van der Waals surface area contributed by atoms with Crippen LogP contribution in [0.1, 0.15) is 24.0 Å². The maximum Gasteiger partial charge on any atom is 0.233 e. The van der Waals surface area contributed by atoms with Crippen LogP contribution in [-0.2, 0) is 16.0 Å². The number of anilines is 2. The fraction of sp³-hybridized carbons (Fsp3) is 0.263. The van der Waals surface area contributed by atoms with Gasteiger partial charge in [-0.05, 0) is 35.7 Å². The number of hydrogen-bond acceptors (Lipinski definition) is 3. The lowest BCUT2D eigenvalue weighted by atomic mass is 9.98. The first kappa shape index (κ1) is 16.2. The third-order valence-corrected chi connectivity index (χ3v) is 4.38. The highest BCUT2D eigenvalue weighted by atomic mass is 16.2. The maximum absolute atomic E-state index is 12.6. The Labute approximate surface area is 141 Å². The van der Waals surface area contributed by atoms with E-state index < -0.39 is 0 Å². The van der Waals surface area contributed by atoms with Gasteiger partial charge in [0.2, 0.25) is 11.8 Å². The molecule has 0 bridgehead atoms. The highest BCUT2D eigenvalue weighted by Crippen LogP contribution is 2.30. The van der Waals surface area contributed by atoms with Gasteiger partial charge in [-0.3, -0.25) is 9.59 Å². The zero-order valence-corrected chi connectivity index (χ0v) is 13.7. The van der Waals surface area contributed by atoms with Gasteiger partial charge in [0, 0.05) is 31.4 Å². The van der Waals surface area contributed by atoms with Gasteiger partial charge in [-0.1, -0.05) is 30.3 Å². The van der Waals surface area contributed by atoms with Gasteiger partial charge >= 0.3 is 0 Å². The Hall–Kier alpha value is -2.66. The summed E-state index contributed by atoms with van der Waals surface area (Å²) < 4.78 is 0. The number of nitrogens with one attached hydrogen (secondary N) is 1. The Bertz CT molecular complexity index is 758. The molecule has 3 rings (SSSR count). The third-order valence-electron chi connectivity index (χ3n) is 4.38. The van der Waals surface area contributed by atoms with Gasteiger partial charge in [-0.15, -0.1) is 0 Å². The molecule has 0 aromatic heterocycles. The summed E-state index contributed by atoms with van der Waals surface area (Å²) in [6, 6.07) is 15.2. The molecule has 2 aromatic carbocycles. The van der Waals surface area contributed by atoms with Crippen LogP contribution in [0.15, 0.2) is 48.5 Å². The van der Waals surface area contributed by atoms with Gasteiger partial charge in [-0.25, -0.2) is 0 Å². The second-order valence-electron chi connectivity index (χ2n) is 5.95. The number of amides is 2. The van der Waals surface area contributed by atoms with E-state index in [1.165, 1.54) is 0 Å². The molecule has 1 aliphatic heterocycles. The van der Waals surface area contributed by atoms with Crippen LogP contribution < -0.4 is 16.0 Å². The molecule has 1 unspecified atom stereocenters. The summed E-state index contributed by atoms with van der Waals surface area (Å²) in [7, 11) is 0. The summed E-state index contributed by atoms with van der Waals surface area (Å²) >= 11 is 0. The summed E-state index contributed by atoms with van der Waals surface area (Å²) in [5, 5.41) is 2.94. The molecule has 2 amide bonds. The van der Waals surface area contributed by atoms with E-state index in [1.807, 2.05) is 48.5 Å². The third kappa shape index (κ3) is 3.16. The highest BCUT2D eigenvalue weighted by Gasteiger charge is 2.23. The molecule has 3 N–H and O–H groups in total. The fourth-order valence-corrected chi connectivity index (χ4v) is 3.12. The fourth-order valence-electron chi connectivity index (χ4n) is 3.12. The van der Waals surface area contributed by atoms with E-state index in [0.717, 1.165) is 28.9 Å². The SMILES string of the molecule is CC(=O)N1CCc2cc(NC(=O)C(CN)c3ccccc3)ccc21. The highest BCUT2D eigenvalue weighted by molar-refractivity contribution is 5.97. The Morgan fingerprint density at radius 2 is 1.96 bits per heavy atom. The van der Waals surface area contributed by atoms with Crippen molar-refractivity contribution in [2.45, 2.75) is 19.3 Å². The van der Waals surface area contributed by atoms with Crippen molar-refractivity contribution in [3.63, 3.8) is 0 Å². The smallest absolute Gasteiger partial charge is 0.233 e. The average molecular weight is 323 g/mol. The second-order valence-corrected chi connectivity index (χ2v) is 5.95. The summed E-state index contributed by atoms with van der Waals surface area (Å²) in [5.74, 6) is -0.462. The molecule has 1 heterocycles. The zero-order chi connectivity index (χ0) is 17.1. The van der Waals surface area contributed by atoms with E-state index in [9.17, 15) is 9.59 Å². The van der Waals surface area contributed by atoms with Crippen LogP contribution in [0.2, 0.25) is 0 Å². The minimum absolute atomic E-state index is 0.0396. The molecule has 0 radical (unpaired) electrons. The molecule has 0 aliphatic carbocycles. The summed E-state index contributed by atoms with van der Waals surface area (Å²) in [6.07, 6.45) is 0.803. The van der Waals surface area contributed by atoms with Crippen molar-refractivity contribution in [2.24, 2.45) is 5.73 Å². The first-order chi connectivity index (χ1) is 11.6. The lowest BCUT2D eigenvalue weighted by Gasteiger charge is -2.17. The molecule has 1 aliphatic rings. The Balaban J connectivity index is 1.77. The largest absolute Gasteiger partial charge is 0.329 e. The van der Waals surface area contributed by atoms with Crippen LogP contribution in [0.3, 0.4) is 0 Å². The molecule has 0 fully saturated rings. The van der Waals surface area contributed by atoms with Crippen molar-refractivity contribution < 1.29 is 9.59 Å². The quantitative estimate of drug-likeness (QED) is 0.906. The van der Waals surface area contributed by atoms with Crippen molar-refractivity contribution in [2.75, 3.05) is 23.3 Å². The number of hydrogen-bond donors (Lipinski definition) is 2. The van der Waals surface area contributed by atoms with Crippen LogP contribution in [0.5, 0.6) is 0 Å². The first-order valence-electron chi connectivity index (χ1n) is 8.07. The Morgan fingerprint density at radius 1 is 1.21 bits per heavy atom. The maximum atomic E-state index is 12.6. The van der Waals surface area contributed by atoms with Gasteiger partial charge in [0.05, 0.1) is 5.92 Å². The van der Waals surface area contributed by atoms with E-state index in [2.05, 4.69) is 5.32 Å². The predicted molar refractivity (Wildman–Crippen MR) is 95.0 cm³/mol. The number of carbonyl (C=O) groups is 2. The number of nitrogens with zero attached hydrogens (tertiary/aromatic N) is 1. The number of fused-ring (bicyclic) bond motifs is 1. The minimum Gasteiger partial charge on any atom is -0.329 e. The topological polar surface area (TPSA) is 75.4 Å². The number of benzene rings is 2. The van der Waals surface area contributed by atoms with Crippen LogP contribution in [-0.4, -0.2) is 24.9 Å². The monoisotopic (exact) mass is 323 g/mol. The van der Waals surface area contributed by atoms with E-state index in [0.29, 0.717) is 6.54 Å². The van der Waals surface area contributed by atoms with Gasteiger partial charge in [-0.2, -0.15) is 0 Å². The number of nitrogens with two attached hydrogens (primary N) is 1. The first-order valence-corrected chi connectivity index (χ1v) is 8.07. The van der Waals surface area contributed by atoms with Crippen molar-refractivity contribution in [1.82, 2.24) is 0 Å². The van der Waals surface area contributed by atoms with E-state index >= 15 is 0 Å². The van der Waals surface area contributed by atoms with E-state index in [4.69, 9.17) is 5.73 Å². The summed E-state index contributed by atoms with van der Waals surface area (Å²) in [6.45, 7) is 2.51. The van der Waals surface area contributed by atoms with Crippen LogP contribution in [0, 0.1) is 0 Å². The molecule has 2 aromatic rings. The molecule has 124 valence electrons. The van der Waals surface area contributed by atoms with Gasteiger partial charge in [0.25, 0.3) is 0 Å². The Morgan fingerprint density at radius 3 is 2.62 bits per heavy atom. The molecular formula is C19H21N3O2. The molecule has 5 nitrogen and oxygen atoms in total. The summed E-state index contributed by atoms with van der Waals surface area (Å²) in [4.78, 5) is 25.9. The molecule has 0 saturated carbocycles. The molecule has 5 heteroatoms. The van der Waals surface area contributed by atoms with Crippen LogP contribution in [0.25, 0.3) is 0 Å². The lowest BCUT2D eigenvalue weighted by molar-refractivity contribution is -0.117. The van der Waals surface area contributed by atoms with E-state index in [-0.39, 0.29) is 24.3 Å². The minimum atomic E-state index is -0.381. The number of carbonyl (C=O) groups excluding carboxylic acids is 2. The standard InChI is InChI=1S/C19H21N3O2/c1-13(23)22-10-9-15-11-16(7-8-18(15)22)21-19(24)17(12-20)14-5-3-2-4-6-14/h2-8,11,17H,9-10,12,20H2,1H3,(H,21,24). The van der Waals surface area contributed by atoms with Gasteiger partial charge in [0.1, 0.15) is 0 Å². The Kier molecular flexibility index (Phi) is 4.62. The molecular weight excluding hydrogens is 302 g/mol. The van der Waals surface area contributed by atoms with Gasteiger partial charge in [0.15, 0.2) is 0 Å². The predicted octanol–water partition coefficient (Wildman–Crippen LogP) is 2.28. The van der Waals surface area contributed by atoms with Gasteiger partial charge < -0.3 is 16.0 Å². The van der Waals surface area contributed by atoms with Crippen LogP contribution in [0.4, 0.5) is 11.4 Å². The molecule has 0 saturated heterocycles. The normalized spacial score (nSPS) is 14.2. The van der Waals surface area contributed by atoms with E-state index in [1.54, 1.807) is 11.8 Å². The number of rotatable bonds is 4. The zero-order valence-electron chi connectivity index (χ0n) is 13.7. The molecule has 1 atom stereocenters. The van der Waals surface area contributed by atoms with Crippen molar-refractivity contribution in [3.05, 3.63) is 59.7 Å².